The first-order chi connectivity index (χ1) is 8.81. The van der Waals surface area contributed by atoms with Gasteiger partial charge in [0.1, 0.15) is 0 Å². The molecule has 2 atom stereocenters. The Kier molecular flexibility index (Phi) is 9.27. The SMILES string of the molecule is CCS(=O)CCNC(=O)CCC(CCN)C(C)(C)C. The molecule has 3 N–H and O–H groups in total. The Morgan fingerprint density at radius 1 is 1.32 bits per heavy atom. The molecule has 5 heteroatoms. The molecule has 2 unspecified atom stereocenters. The third-order valence-corrected chi connectivity index (χ3v) is 4.74. The summed E-state index contributed by atoms with van der Waals surface area (Å²) in [4.78, 5) is 11.7. The predicted molar refractivity (Wildman–Crippen MR) is 82.4 cm³/mol. The van der Waals surface area contributed by atoms with E-state index >= 15 is 0 Å². The van der Waals surface area contributed by atoms with Crippen molar-refractivity contribution in [2.24, 2.45) is 17.1 Å². The van der Waals surface area contributed by atoms with E-state index in [2.05, 4.69) is 26.1 Å². The molecule has 0 aromatic carbocycles. The van der Waals surface area contributed by atoms with Gasteiger partial charge in [-0.2, -0.15) is 0 Å². The summed E-state index contributed by atoms with van der Waals surface area (Å²) < 4.78 is 11.2. The van der Waals surface area contributed by atoms with Gasteiger partial charge in [-0.05, 0) is 30.7 Å². The average molecular weight is 290 g/mol. The van der Waals surface area contributed by atoms with Crippen molar-refractivity contribution in [2.45, 2.75) is 47.0 Å². The number of hydrogen-bond donors (Lipinski definition) is 2. The molecular formula is C14H30N2O2S. The number of hydrogen-bond acceptors (Lipinski definition) is 3. The lowest BCUT2D eigenvalue weighted by Gasteiger charge is -2.30. The predicted octanol–water partition coefficient (Wildman–Crippen LogP) is 1.66. The van der Waals surface area contributed by atoms with Crippen molar-refractivity contribution >= 4 is 16.7 Å². The van der Waals surface area contributed by atoms with Crippen LogP contribution in [0.4, 0.5) is 0 Å². The van der Waals surface area contributed by atoms with Crippen LogP contribution in [0.3, 0.4) is 0 Å². The van der Waals surface area contributed by atoms with Crippen molar-refractivity contribution in [1.82, 2.24) is 5.32 Å². The highest BCUT2D eigenvalue weighted by molar-refractivity contribution is 7.84. The summed E-state index contributed by atoms with van der Waals surface area (Å²) in [5, 5.41) is 2.83. The maximum Gasteiger partial charge on any atom is 0.220 e. The van der Waals surface area contributed by atoms with Crippen LogP contribution in [0.1, 0.15) is 47.0 Å². The van der Waals surface area contributed by atoms with Gasteiger partial charge in [0.05, 0.1) is 0 Å². The largest absolute Gasteiger partial charge is 0.355 e. The first-order valence-electron chi connectivity index (χ1n) is 7.13. The molecule has 0 bridgehead atoms. The van der Waals surface area contributed by atoms with Crippen LogP contribution in [0, 0.1) is 11.3 Å². The molecule has 0 aromatic heterocycles. The van der Waals surface area contributed by atoms with E-state index in [4.69, 9.17) is 5.73 Å². The van der Waals surface area contributed by atoms with Crippen LogP contribution in [0.5, 0.6) is 0 Å². The Hall–Kier alpha value is -0.420. The fourth-order valence-electron chi connectivity index (χ4n) is 2.05. The fourth-order valence-corrected chi connectivity index (χ4v) is 2.67. The molecule has 1 amide bonds. The molecule has 0 aromatic rings. The normalized spacial score (nSPS) is 15.0. The van der Waals surface area contributed by atoms with Gasteiger partial charge in [-0.3, -0.25) is 9.00 Å². The maximum atomic E-state index is 11.7. The molecular weight excluding hydrogens is 260 g/mol. The minimum Gasteiger partial charge on any atom is -0.355 e. The molecule has 4 nitrogen and oxygen atoms in total. The topological polar surface area (TPSA) is 72.2 Å². The summed E-state index contributed by atoms with van der Waals surface area (Å²) in [6.45, 7) is 9.63. The highest BCUT2D eigenvalue weighted by atomic mass is 32.2. The monoisotopic (exact) mass is 290 g/mol. The van der Waals surface area contributed by atoms with E-state index in [-0.39, 0.29) is 11.3 Å². The summed E-state index contributed by atoms with van der Waals surface area (Å²) in [6, 6.07) is 0. The number of carbonyl (C=O) groups is 1. The molecule has 0 radical (unpaired) electrons. The number of rotatable bonds is 9. The highest BCUT2D eigenvalue weighted by Crippen LogP contribution is 2.31. The van der Waals surface area contributed by atoms with E-state index in [9.17, 15) is 9.00 Å². The second kappa shape index (κ2) is 9.48. The van der Waals surface area contributed by atoms with Gasteiger partial charge in [-0.1, -0.05) is 27.7 Å². The van der Waals surface area contributed by atoms with Crippen LogP contribution >= 0.6 is 0 Å². The Balaban J connectivity index is 3.95. The first kappa shape index (κ1) is 18.6. The van der Waals surface area contributed by atoms with Crippen LogP contribution in [0.25, 0.3) is 0 Å². The molecule has 0 aliphatic carbocycles. The summed E-state index contributed by atoms with van der Waals surface area (Å²) in [7, 11) is -0.804. The first-order valence-corrected chi connectivity index (χ1v) is 8.61. The van der Waals surface area contributed by atoms with Gasteiger partial charge in [-0.15, -0.1) is 0 Å². The number of nitrogens with one attached hydrogen (secondary N) is 1. The zero-order valence-corrected chi connectivity index (χ0v) is 13.6. The van der Waals surface area contributed by atoms with E-state index in [1.165, 1.54) is 0 Å². The zero-order valence-electron chi connectivity index (χ0n) is 12.8. The van der Waals surface area contributed by atoms with E-state index in [1.54, 1.807) is 0 Å². The van der Waals surface area contributed by atoms with Crippen molar-refractivity contribution in [3.8, 4) is 0 Å². The minimum absolute atomic E-state index is 0.0550. The molecule has 0 rings (SSSR count). The molecule has 114 valence electrons. The Bertz CT molecular complexity index is 288. The zero-order chi connectivity index (χ0) is 14.9. The smallest absolute Gasteiger partial charge is 0.220 e. The summed E-state index contributed by atoms with van der Waals surface area (Å²) in [5.74, 6) is 1.72. The lowest BCUT2D eigenvalue weighted by atomic mass is 9.76. The van der Waals surface area contributed by atoms with Crippen molar-refractivity contribution in [3.63, 3.8) is 0 Å². The van der Waals surface area contributed by atoms with Gasteiger partial charge in [0.15, 0.2) is 0 Å². The molecule has 0 fully saturated rings. The summed E-state index contributed by atoms with van der Waals surface area (Å²) >= 11 is 0. The number of amides is 1. The Morgan fingerprint density at radius 3 is 2.42 bits per heavy atom. The molecule has 19 heavy (non-hydrogen) atoms. The quantitative estimate of drug-likeness (QED) is 0.678. The maximum absolute atomic E-state index is 11.7. The van der Waals surface area contributed by atoms with Crippen LogP contribution in [-0.2, 0) is 15.6 Å². The average Bonchev–Trinajstić information content (AvgIpc) is 2.32. The Morgan fingerprint density at radius 2 is 1.95 bits per heavy atom. The standard InChI is InChI=1S/C14H30N2O2S/c1-5-19(18)11-10-16-13(17)7-6-12(8-9-15)14(2,3)4/h12H,5-11,15H2,1-4H3,(H,16,17). The highest BCUT2D eigenvalue weighted by Gasteiger charge is 2.24. The minimum atomic E-state index is -0.804. The molecule has 0 heterocycles. The van der Waals surface area contributed by atoms with Gasteiger partial charge < -0.3 is 11.1 Å². The van der Waals surface area contributed by atoms with E-state index in [1.807, 2.05) is 6.92 Å². The van der Waals surface area contributed by atoms with Crippen LogP contribution in [0.2, 0.25) is 0 Å². The van der Waals surface area contributed by atoms with E-state index in [0.717, 1.165) is 12.8 Å². The fraction of sp³-hybridized carbons (Fsp3) is 0.929. The molecule has 0 spiro atoms. The third-order valence-electron chi connectivity index (χ3n) is 3.43. The van der Waals surface area contributed by atoms with Crippen molar-refractivity contribution in [2.75, 3.05) is 24.6 Å². The summed E-state index contributed by atoms with van der Waals surface area (Å²) in [6.07, 6.45) is 2.35. The van der Waals surface area contributed by atoms with Gasteiger partial charge in [0.2, 0.25) is 5.91 Å². The Labute approximate surface area is 120 Å². The van der Waals surface area contributed by atoms with E-state index < -0.39 is 10.8 Å². The molecule has 0 saturated heterocycles. The lowest BCUT2D eigenvalue weighted by Crippen LogP contribution is -2.30. The van der Waals surface area contributed by atoms with Crippen molar-refractivity contribution in [1.29, 1.82) is 0 Å². The lowest BCUT2D eigenvalue weighted by molar-refractivity contribution is -0.121. The van der Waals surface area contributed by atoms with Crippen molar-refractivity contribution in [3.05, 3.63) is 0 Å². The number of nitrogens with two attached hydrogens (primary N) is 1. The van der Waals surface area contributed by atoms with E-state index in [0.29, 0.717) is 36.9 Å². The van der Waals surface area contributed by atoms with Gasteiger partial charge in [-0.25, -0.2) is 0 Å². The second-order valence-corrected chi connectivity index (χ2v) is 7.83. The molecule has 0 saturated carbocycles. The summed E-state index contributed by atoms with van der Waals surface area (Å²) in [5.41, 5.74) is 5.81. The molecule has 0 aliphatic rings. The van der Waals surface area contributed by atoms with Crippen molar-refractivity contribution < 1.29 is 9.00 Å². The molecule has 0 aliphatic heterocycles. The van der Waals surface area contributed by atoms with Gasteiger partial charge in [0.25, 0.3) is 0 Å². The number of carbonyl (C=O) groups excluding carboxylic acids is 1. The van der Waals surface area contributed by atoms with Crippen LogP contribution in [-0.4, -0.2) is 34.7 Å². The van der Waals surface area contributed by atoms with Gasteiger partial charge in [0, 0.05) is 35.3 Å². The third kappa shape index (κ3) is 9.16. The second-order valence-electron chi connectivity index (χ2n) is 5.96. The van der Waals surface area contributed by atoms with Gasteiger partial charge >= 0.3 is 0 Å². The van der Waals surface area contributed by atoms with Crippen LogP contribution in [0.15, 0.2) is 0 Å². The van der Waals surface area contributed by atoms with Crippen LogP contribution < -0.4 is 11.1 Å².